The molecule has 0 aliphatic carbocycles. The van der Waals surface area contributed by atoms with Crippen molar-refractivity contribution in [1.82, 2.24) is 0 Å². The maximum absolute atomic E-state index is 9.59. The molecule has 3 rings (SSSR count). The first kappa shape index (κ1) is 16.3. The van der Waals surface area contributed by atoms with E-state index in [1.54, 1.807) is 30.3 Å². The number of halogens is 1. The van der Waals surface area contributed by atoms with E-state index in [-0.39, 0.29) is 12.4 Å². The lowest BCUT2D eigenvalue weighted by Crippen LogP contribution is -2.27. The van der Waals surface area contributed by atoms with Crippen molar-refractivity contribution in [3.63, 3.8) is 0 Å². The monoisotopic (exact) mass is 316 g/mol. The van der Waals surface area contributed by atoms with Crippen molar-refractivity contribution in [3.05, 3.63) is 58.9 Å². The highest BCUT2D eigenvalue weighted by molar-refractivity contribution is 6.61. The van der Waals surface area contributed by atoms with Crippen molar-refractivity contribution < 1.29 is 14.4 Å². The van der Waals surface area contributed by atoms with Crippen LogP contribution in [0, 0.1) is 6.57 Å². The molecule has 5 nitrogen and oxygen atoms in total. The van der Waals surface area contributed by atoms with Gasteiger partial charge in [0.25, 0.3) is 0 Å². The minimum absolute atomic E-state index is 0. The maximum Gasteiger partial charge on any atom is 0.491 e. The summed E-state index contributed by atoms with van der Waals surface area (Å²) in [6, 6.07) is 10.6. The highest BCUT2D eigenvalue weighted by Crippen LogP contribution is 2.29. The van der Waals surface area contributed by atoms with Crippen LogP contribution in [-0.4, -0.2) is 12.1 Å². The van der Waals surface area contributed by atoms with Crippen LogP contribution in [0.3, 0.4) is 0 Å². The fraction of sp³-hybridized carbons (Fsp3) is 0.133. The predicted octanol–water partition coefficient (Wildman–Crippen LogP) is 2.13. The molecular formula is C15H14BClN2O3. The highest BCUT2D eigenvalue weighted by atomic mass is 35.5. The van der Waals surface area contributed by atoms with Crippen LogP contribution in [0.15, 0.2) is 36.4 Å². The lowest BCUT2D eigenvalue weighted by molar-refractivity contribution is 0.275. The van der Waals surface area contributed by atoms with E-state index in [0.29, 0.717) is 30.3 Å². The third-order valence-electron chi connectivity index (χ3n) is 3.40. The summed E-state index contributed by atoms with van der Waals surface area (Å²) in [7, 11) is -0.855. The minimum atomic E-state index is -0.855. The van der Waals surface area contributed by atoms with Gasteiger partial charge < -0.3 is 20.1 Å². The molecule has 0 saturated carbocycles. The first-order valence-corrected chi connectivity index (χ1v) is 6.52. The first-order valence-electron chi connectivity index (χ1n) is 6.52. The van der Waals surface area contributed by atoms with Gasteiger partial charge >= 0.3 is 7.12 Å². The van der Waals surface area contributed by atoms with E-state index in [4.69, 9.17) is 21.7 Å². The van der Waals surface area contributed by atoms with E-state index < -0.39 is 7.12 Å². The van der Waals surface area contributed by atoms with Crippen molar-refractivity contribution in [2.45, 2.75) is 13.2 Å². The summed E-state index contributed by atoms with van der Waals surface area (Å²) in [4.78, 5) is 3.38. The standard InChI is InChI=1S/C15H13BN2O3.ClH/c1-18-12-2-5-15(10(6-12)8-17)21-13-3-4-14-11(7-13)9-20-16(14)19;/h2-7,19H,8-9,17H2;1H. The molecule has 3 N–H and O–H groups in total. The van der Waals surface area contributed by atoms with Crippen molar-refractivity contribution in [3.8, 4) is 11.5 Å². The van der Waals surface area contributed by atoms with Gasteiger partial charge in [-0.1, -0.05) is 12.1 Å². The predicted molar refractivity (Wildman–Crippen MR) is 86.8 cm³/mol. The van der Waals surface area contributed by atoms with Gasteiger partial charge in [0.05, 0.1) is 13.2 Å². The summed E-state index contributed by atoms with van der Waals surface area (Å²) in [6.07, 6.45) is 0. The summed E-state index contributed by atoms with van der Waals surface area (Å²) in [5.74, 6) is 1.28. The minimum Gasteiger partial charge on any atom is -0.457 e. The Kier molecular flexibility index (Phi) is 5.06. The van der Waals surface area contributed by atoms with Crippen LogP contribution in [0.4, 0.5) is 5.69 Å². The second kappa shape index (κ2) is 6.82. The Hall–Kier alpha value is -2.04. The Morgan fingerprint density at radius 3 is 2.86 bits per heavy atom. The quantitative estimate of drug-likeness (QED) is 0.672. The maximum atomic E-state index is 9.59. The average Bonchev–Trinajstić information content (AvgIpc) is 2.88. The molecule has 0 bridgehead atoms. The van der Waals surface area contributed by atoms with Gasteiger partial charge in [0.15, 0.2) is 5.69 Å². The molecule has 0 amide bonds. The van der Waals surface area contributed by atoms with Crippen molar-refractivity contribution >= 4 is 30.7 Å². The van der Waals surface area contributed by atoms with Crippen molar-refractivity contribution in [2.75, 3.05) is 0 Å². The zero-order valence-electron chi connectivity index (χ0n) is 11.7. The van der Waals surface area contributed by atoms with Gasteiger partial charge in [-0.25, -0.2) is 4.85 Å². The summed E-state index contributed by atoms with van der Waals surface area (Å²) in [6.45, 7) is 7.68. The van der Waals surface area contributed by atoms with Crippen LogP contribution >= 0.6 is 12.4 Å². The average molecular weight is 317 g/mol. The number of nitrogens with two attached hydrogens (primary N) is 1. The number of ether oxygens (including phenoxy) is 1. The molecule has 22 heavy (non-hydrogen) atoms. The lowest BCUT2D eigenvalue weighted by atomic mass is 9.80. The van der Waals surface area contributed by atoms with E-state index in [1.165, 1.54) is 0 Å². The molecule has 1 aliphatic heterocycles. The van der Waals surface area contributed by atoms with E-state index in [9.17, 15) is 5.02 Å². The molecule has 0 aromatic heterocycles. The van der Waals surface area contributed by atoms with Gasteiger partial charge in [0, 0.05) is 6.54 Å². The van der Waals surface area contributed by atoms with Crippen molar-refractivity contribution in [2.24, 2.45) is 5.73 Å². The van der Waals surface area contributed by atoms with Gasteiger partial charge in [0.2, 0.25) is 0 Å². The Balaban J connectivity index is 0.00000176. The smallest absolute Gasteiger partial charge is 0.457 e. The van der Waals surface area contributed by atoms with Crippen LogP contribution in [0.1, 0.15) is 11.1 Å². The Labute approximate surface area is 135 Å². The topological polar surface area (TPSA) is 69.1 Å². The van der Waals surface area contributed by atoms with E-state index in [1.807, 2.05) is 6.07 Å². The summed E-state index contributed by atoms with van der Waals surface area (Å²) < 4.78 is 11.0. The molecule has 0 fully saturated rings. The molecule has 0 unspecified atom stereocenters. The summed E-state index contributed by atoms with van der Waals surface area (Å²) in [5.41, 5.74) is 8.69. The van der Waals surface area contributed by atoms with Crippen LogP contribution in [0.25, 0.3) is 4.85 Å². The third kappa shape index (κ3) is 3.08. The molecule has 2 aromatic rings. The Morgan fingerprint density at radius 2 is 2.14 bits per heavy atom. The van der Waals surface area contributed by atoms with Gasteiger partial charge in [0.1, 0.15) is 11.5 Å². The Morgan fingerprint density at radius 1 is 1.32 bits per heavy atom. The first-order chi connectivity index (χ1) is 10.2. The number of hydrogen-bond acceptors (Lipinski definition) is 4. The second-order valence-corrected chi connectivity index (χ2v) is 4.73. The summed E-state index contributed by atoms with van der Waals surface area (Å²) in [5, 5.41) is 9.59. The largest absolute Gasteiger partial charge is 0.491 e. The number of benzene rings is 2. The molecule has 112 valence electrons. The molecule has 2 aromatic carbocycles. The molecule has 0 spiro atoms. The highest BCUT2D eigenvalue weighted by Gasteiger charge is 2.27. The summed E-state index contributed by atoms with van der Waals surface area (Å²) >= 11 is 0. The van der Waals surface area contributed by atoms with E-state index >= 15 is 0 Å². The second-order valence-electron chi connectivity index (χ2n) is 4.73. The fourth-order valence-corrected chi connectivity index (χ4v) is 2.29. The van der Waals surface area contributed by atoms with E-state index in [2.05, 4.69) is 4.85 Å². The van der Waals surface area contributed by atoms with Crippen LogP contribution in [0.5, 0.6) is 11.5 Å². The van der Waals surface area contributed by atoms with Crippen LogP contribution in [0.2, 0.25) is 0 Å². The normalized spacial score (nSPS) is 12.3. The molecular weight excluding hydrogens is 302 g/mol. The Bertz CT molecular complexity index is 733. The molecule has 0 radical (unpaired) electrons. The van der Waals surface area contributed by atoms with Gasteiger partial charge in [-0.15, -0.1) is 12.4 Å². The van der Waals surface area contributed by atoms with Crippen LogP contribution < -0.4 is 15.9 Å². The molecule has 0 saturated heterocycles. The zero-order chi connectivity index (χ0) is 14.8. The fourth-order valence-electron chi connectivity index (χ4n) is 2.29. The van der Waals surface area contributed by atoms with Crippen molar-refractivity contribution in [1.29, 1.82) is 0 Å². The molecule has 0 atom stereocenters. The third-order valence-corrected chi connectivity index (χ3v) is 3.40. The lowest BCUT2D eigenvalue weighted by Gasteiger charge is -2.11. The van der Waals surface area contributed by atoms with E-state index in [0.717, 1.165) is 16.6 Å². The van der Waals surface area contributed by atoms with Gasteiger partial charge in [-0.05, 0) is 40.9 Å². The SMILES string of the molecule is Cl.[C-]#[N+]c1ccc(Oc2ccc3c(c2)COB3O)c(CN)c1. The number of rotatable bonds is 3. The number of nitrogens with zero attached hydrogens (tertiary/aromatic N) is 1. The molecule has 1 heterocycles. The number of hydrogen-bond donors (Lipinski definition) is 2. The molecule has 1 aliphatic rings. The zero-order valence-corrected chi connectivity index (χ0v) is 12.5. The van der Waals surface area contributed by atoms with Gasteiger partial charge in [-0.2, -0.15) is 0 Å². The number of fused-ring (bicyclic) bond motifs is 1. The van der Waals surface area contributed by atoms with Gasteiger partial charge in [-0.3, -0.25) is 0 Å². The molecule has 7 heteroatoms. The van der Waals surface area contributed by atoms with Crippen LogP contribution in [-0.2, 0) is 17.8 Å².